The maximum atomic E-state index is 6.28. The van der Waals surface area contributed by atoms with Gasteiger partial charge in [-0.2, -0.15) is 5.10 Å². The molecule has 0 spiro atoms. The van der Waals surface area contributed by atoms with Crippen molar-refractivity contribution >= 4 is 44.9 Å². The minimum Gasteiger partial charge on any atom is -0.382 e. The average molecular weight is 383 g/mol. The van der Waals surface area contributed by atoms with Crippen LogP contribution in [0.2, 0.25) is 10.0 Å². The molecule has 3 aromatic rings. The Bertz CT molecular complexity index is 814. The van der Waals surface area contributed by atoms with Gasteiger partial charge >= 0.3 is 0 Å². The fourth-order valence-corrected chi connectivity index (χ4v) is 3.02. The Balaban J connectivity index is 2.27. The highest BCUT2D eigenvalue weighted by atomic mass is 79.9. The molecule has 6 heteroatoms. The van der Waals surface area contributed by atoms with Crippen molar-refractivity contribution in [2.75, 3.05) is 5.73 Å². The van der Waals surface area contributed by atoms with Gasteiger partial charge in [-0.15, -0.1) is 0 Å². The highest BCUT2D eigenvalue weighted by Gasteiger charge is 2.18. The first-order chi connectivity index (χ1) is 10.1. The Labute approximate surface area is 140 Å². The number of H-pyrrole nitrogens is 1. The number of nitrogen functional groups attached to an aromatic ring is 1. The number of aromatic amines is 1. The molecule has 0 bridgehead atoms. The topological polar surface area (TPSA) is 54.7 Å². The van der Waals surface area contributed by atoms with Crippen LogP contribution < -0.4 is 5.73 Å². The van der Waals surface area contributed by atoms with Crippen molar-refractivity contribution in [3.05, 3.63) is 57.0 Å². The van der Waals surface area contributed by atoms with Gasteiger partial charge in [0.2, 0.25) is 0 Å². The zero-order chi connectivity index (χ0) is 15.0. The van der Waals surface area contributed by atoms with Gasteiger partial charge in [0.15, 0.2) is 5.82 Å². The highest BCUT2D eigenvalue weighted by Crippen LogP contribution is 2.41. The minimum absolute atomic E-state index is 0.393. The Morgan fingerprint density at radius 2 is 1.81 bits per heavy atom. The van der Waals surface area contributed by atoms with Crippen LogP contribution in [0.15, 0.2) is 46.9 Å². The van der Waals surface area contributed by atoms with Gasteiger partial charge in [0, 0.05) is 25.6 Å². The second-order valence-electron chi connectivity index (χ2n) is 4.46. The van der Waals surface area contributed by atoms with Gasteiger partial charge in [0.1, 0.15) is 0 Å². The van der Waals surface area contributed by atoms with Gasteiger partial charge < -0.3 is 5.73 Å². The van der Waals surface area contributed by atoms with Gasteiger partial charge in [-0.05, 0) is 24.3 Å². The number of benzene rings is 2. The lowest BCUT2D eigenvalue weighted by Gasteiger charge is -2.08. The fraction of sp³-hybridized carbons (Fsp3) is 0. The van der Waals surface area contributed by atoms with E-state index >= 15 is 0 Å². The third-order valence-corrected chi connectivity index (χ3v) is 4.39. The number of aromatic nitrogens is 2. The molecule has 3 N–H and O–H groups in total. The van der Waals surface area contributed by atoms with Crippen molar-refractivity contribution in [3.8, 4) is 22.4 Å². The molecule has 0 amide bonds. The molecule has 106 valence electrons. The monoisotopic (exact) mass is 381 g/mol. The molecule has 2 aromatic carbocycles. The molecule has 3 nitrogen and oxygen atoms in total. The number of nitrogens with one attached hydrogen (secondary N) is 1. The van der Waals surface area contributed by atoms with E-state index in [0.717, 1.165) is 26.9 Å². The van der Waals surface area contributed by atoms with Crippen molar-refractivity contribution in [2.45, 2.75) is 0 Å². The van der Waals surface area contributed by atoms with Crippen LogP contribution in [0.3, 0.4) is 0 Å². The van der Waals surface area contributed by atoms with Crippen LogP contribution in [0.1, 0.15) is 0 Å². The molecule has 0 aliphatic heterocycles. The lowest BCUT2D eigenvalue weighted by atomic mass is 10.0. The van der Waals surface area contributed by atoms with Crippen molar-refractivity contribution in [2.24, 2.45) is 0 Å². The molecule has 1 heterocycles. The van der Waals surface area contributed by atoms with Crippen molar-refractivity contribution in [1.82, 2.24) is 10.2 Å². The molecule has 21 heavy (non-hydrogen) atoms. The van der Waals surface area contributed by atoms with Crippen LogP contribution in [0.25, 0.3) is 22.4 Å². The van der Waals surface area contributed by atoms with E-state index in [1.54, 1.807) is 0 Å². The zero-order valence-corrected chi connectivity index (χ0v) is 13.8. The molecule has 0 aliphatic carbocycles. The first-order valence-corrected chi connectivity index (χ1v) is 7.67. The third-order valence-electron chi connectivity index (χ3n) is 3.14. The lowest BCUT2D eigenvalue weighted by Crippen LogP contribution is -1.90. The molecule has 0 radical (unpaired) electrons. The molecule has 0 aliphatic rings. The average Bonchev–Trinajstić information content (AvgIpc) is 2.84. The molecule has 0 fully saturated rings. The zero-order valence-electron chi connectivity index (χ0n) is 10.7. The Hall–Kier alpha value is -1.49. The van der Waals surface area contributed by atoms with Gasteiger partial charge in [-0.3, -0.25) is 5.10 Å². The quantitative estimate of drug-likeness (QED) is 0.623. The number of nitrogens with zero attached hydrogens (tertiary/aromatic N) is 1. The van der Waals surface area contributed by atoms with Crippen LogP contribution in [-0.4, -0.2) is 10.2 Å². The SMILES string of the molecule is Nc1n[nH]c(-c2cc(Cl)ccc2Br)c1-c1ccccc1Cl. The molecule has 0 saturated heterocycles. The predicted octanol–water partition coefficient (Wildman–Crippen LogP) is 5.40. The number of rotatable bonds is 2. The lowest BCUT2D eigenvalue weighted by molar-refractivity contribution is 1.10. The van der Waals surface area contributed by atoms with Crippen LogP contribution in [0.4, 0.5) is 5.82 Å². The summed E-state index contributed by atoms with van der Waals surface area (Å²) in [5.41, 5.74) is 9.26. The second-order valence-corrected chi connectivity index (χ2v) is 6.16. The fourth-order valence-electron chi connectivity index (χ4n) is 2.18. The first kappa shape index (κ1) is 14.4. The Morgan fingerprint density at radius 3 is 2.57 bits per heavy atom. The summed E-state index contributed by atoms with van der Waals surface area (Å²) in [5, 5.41) is 8.32. The summed E-state index contributed by atoms with van der Waals surface area (Å²) >= 11 is 15.9. The van der Waals surface area contributed by atoms with Crippen LogP contribution >= 0.6 is 39.1 Å². The van der Waals surface area contributed by atoms with Gasteiger partial charge in [-0.25, -0.2) is 0 Å². The smallest absolute Gasteiger partial charge is 0.153 e. The molecule has 1 aromatic heterocycles. The summed E-state index contributed by atoms with van der Waals surface area (Å²) in [6.07, 6.45) is 0. The van der Waals surface area contributed by atoms with E-state index in [-0.39, 0.29) is 0 Å². The van der Waals surface area contributed by atoms with Gasteiger partial charge in [0.05, 0.1) is 11.3 Å². The number of hydrogen-bond acceptors (Lipinski definition) is 2. The second kappa shape index (κ2) is 5.72. The first-order valence-electron chi connectivity index (χ1n) is 6.12. The van der Waals surface area contributed by atoms with E-state index in [2.05, 4.69) is 26.1 Å². The van der Waals surface area contributed by atoms with Gasteiger partial charge in [-0.1, -0.05) is 57.3 Å². The number of hydrogen-bond donors (Lipinski definition) is 2. The van der Waals surface area contributed by atoms with Crippen molar-refractivity contribution in [1.29, 1.82) is 0 Å². The Morgan fingerprint density at radius 1 is 1.05 bits per heavy atom. The number of nitrogens with two attached hydrogens (primary N) is 1. The molecule has 3 rings (SSSR count). The maximum Gasteiger partial charge on any atom is 0.153 e. The van der Waals surface area contributed by atoms with E-state index < -0.39 is 0 Å². The van der Waals surface area contributed by atoms with Crippen molar-refractivity contribution in [3.63, 3.8) is 0 Å². The van der Waals surface area contributed by atoms with E-state index in [0.29, 0.717) is 15.9 Å². The standard InChI is InChI=1S/C15H10BrCl2N3/c16-11-6-5-8(17)7-10(11)14-13(15(19)21-20-14)9-3-1-2-4-12(9)18/h1-7H,(H3,19,20,21). The summed E-state index contributed by atoms with van der Waals surface area (Å²) in [7, 11) is 0. The number of halogens is 3. The summed E-state index contributed by atoms with van der Waals surface area (Å²) in [5.74, 6) is 0.393. The highest BCUT2D eigenvalue weighted by molar-refractivity contribution is 9.10. The minimum atomic E-state index is 0.393. The van der Waals surface area contributed by atoms with E-state index in [9.17, 15) is 0 Å². The molecular weight excluding hydrogens is 373 g/mol. The summed E-state index contributed by atoms with van der Waals surface area (Å²) in [6.45, 7) is 0. The summed E-state index contributed by atoms with van der Waals surface area (Å²) in [4.78, 5) is 0. The predicted molar refractivity (Wildman–Crippen MR) is 91.6 cm³/mol. The van der Waals surface area contributed by atoms with Crippen molar-refractivity contribution < 1.29 is 0 Å². The third kappa shape index (κ3) is 2.67. The van der Waals surface area contributed by atoms with E-state index in [4.69, 9.17) is 28.9 Å². The summed E-state index contributed by atoms with van der Waals surface area (Å²) in [6, 6.07) is 13.0. The molecule has 0 saturated carbocycles. The van der Waals surface area contributed by atoms with E-state index in [1.807, 2.05) is 42.5 Å². The normalized spacial score (nSPS) is 10.8. The molecular formula is C15H10BrCl2N3. The molecule has 0 atom stereocenters. The van der Waals surface area contributed by atoms with Crippen LogP contribution in [0, 0.1) is 0 Å². The van der Waals surface area contributed by atoms with Crippen LogP contribution in [0.5, 0.6) is 0 Å². The molecule has 0 unspecified atom stereocenters. The summed E-state index contributed by atoms with van der Waals surface area (Å²) < 4.78 is 0.892. The number of anilines is 1. The van der Waals surface area contributed by atoms with Crippen LogP contribution in [-0.2, 0) is 0 Å². The maximum absolute atomic E-state index is 6.28. The van der Waals surface area contributed by atoms with Gasteiger partial charge in [0.25, 0.3) is 0 Å². The Kier molecular flexibility index (Phi) is 3.93. The van der Waals surface area contributed by atoms with E-state index in [1.165, 1.54) is 0 Å². The largest absolute Gasteiger partial charge is 0.382 e.